The second kappa shape index (κ2) is 10.3. The van der Waals surface area contributed by atoms with Gasteiger partial charge in [-0.25, -0.2) is 4.98 Å². The zero-order chi connectivity index (χ0) is 26.1. The fourth-order valence-corrected chi connectivity index (χ4v) is 4.46. The van der Waals surface area contributed by atoms with Crippen LogP contribution in [-0.4, -0.2) is 76.8 Å². The average molecular weight is 515 g/mol. The molecule has 6 nitrogen and oxygen atoms in total. The lowest BCUT2D eigenvalue weighted by molar-refractivity contribution is -0.143. The number of hydrogen-bond acceptors (Lipinski definition) is 5. The first kappa shape index (κ1) is 26.2. The molecular formula is C24H28F6N6. The second-order valence-corrected chi connectivity index (χ2v) is 8.75. The molecule has 0 atom stereocenters. The Morgan fingerprint density at radius 3 is 2.06 bits per heavy atom. The van der Waals surface area contributed by atoms with Gasteiger partial charge < -0.3 is 9.80 Å². The number of halogens is 6. The molecule has 0 unspecified atom stereocenters. The van der Waals surface area contributed by atoms with E-state index in [1.807, 2.05) is 0 Å². The van der Waals surface area contributed by atoms with E-state index in [-0.39, 0.29) is 22.8 Å². The summed E-state index contributed by atoms with van der Waals surface area (Å²) >= 11 is 0. The Balaban J connectivity index is 1.60. The van der Waals surface area contributed by atoms with Gasteiger partial charge in [-0.3, -0.25) is 4.90 Å². The standard InChI is InChI=1S/C24H28F6N6/c1-3-33(4-2)7-8-34-9-11-35(12-10-34)21-5-6-31-22-20(16-32-36(21)22)17-13-18(23(25,26)27)15-19(14-17)24(28,29)30/h5-6,13-16H,3-4,7-12H2,1-2H3. The van der Waals surface area contributed by atoms with Crippen LogP contribution in [0.3, 0.4) is 0 Å². The molecule has 36 heavy (non-hydrogen) atoms. The van der Waals surface area contributed by atoms with Crippen molar-refractivity contribution in [2.45, 2.75) is 26.2 Å². The van der Waals surface area contributed by atoms with Gasteiger partial charge in [0.05, 0.1) is 17.3 Å². The number of hydrogen-bond donors (Lipinski definition) is 0. The van der Waals surface area contributed by atoms with E-state index < -0.39 is 23.5 Å². The van der Waals surface area contributed by atoms with Crippen molar-refractivity contribution in [2.75, 3.05) is 57.3 Å². The lowest BCUT2D eigenvalue weighted by Gasteiger charge is -2.36. The van der Waals surface area contributed by atoms with Crippen LogP contribution >= 0.6 is 0 Å². The van der Waals surface area contributed by atoms with Crippen LogP contribution in [0, 0.1) is 0 Å². The van der Waals surface area contributed by atoms with Crippen molar-refractivity contribution in [3.63, 3.8) is 0 Å². The zero-order valence-corrected chi connectivity index (χ0v) is 20.1. The minimum absolute atomic E-state index is 0.103. The van der Waals surface area contributed by atoms with Crippen LogP contribution < -0.4 is 4.90 Å². The number of likely N-dealkylation sites (N-methyl/N-ethyl adjacent to an activating group) is 1. The first-order valence-electron chi connectivity index (χ1n) is 11.8. The van der Waals surface area contributed by atoms with Gasteiger partial charge in [0.15, 0.2) is 5.65 Å². The van der Waals surface area contributed by atoms with Gasteiger partial charge in [-0.1, -0.05) is 13.8 Å². The van der Waals surface area contributed by atoms with E-state index in [1.165, 1.54) is 16.9 Å². The normalized spacial score (nSPS) is 15.9. The van der Waals surface area contributed by atoms with Gasteiger partial charge in [-0.2, -0.15) is 36.0 Å². The van der Waals surface area contributed by atoms with Crippen LogP contribution in [0.5, 0.6) is 0 Å². The lowest BCUT2D eigenvalue weighted by Crippen LogP contribution is -2.49. The summed E-state index contributed by atoms with van der Waals surface area (Å²) in [6.45, 7) is 11.3. The van der Waals surface area contributed by atoms with Crippen molar-refractivity contribution in [1.29, 1.82) is 0 Å². The van der Waals surface area contributed by atoms with Crippen LogP contribution in [0.4, 0.5) is 32.2 Å². The molecule has 1 saturated heterocycles. The third kappa shape index (κ3) is 5.59. The van der Waals surface area contributed by atoms with Crippen LogP contribution in [-0.2, 0) is 12.4 Å². The van der Waals surface area contributed by atoms with Crippen molar-refractivity contribution >= 4 is 11.5 Å². The molecule has 1 aliphatic heterocycles. The number of piperazine rings is 1. The van der Waals surface area contributed by atoms with Crippen LogP contribution in [0.1, 0.15) is 25.0 Å². The minimum Gasteiger partial charge on any atom is -0.354 e. The second-order valence-electron chi connectivity index (χ2n) is 8.75. The van der Waals surface area contributed by atoms with E-state index in [1.54, 1.807) is 6.07 Å². The average Bonchev–Trinajstić information content (AvgIpc) is 3.28. The maximum Gasteiger partial charge on any atom is 0.416 e. The number of rotatable bonds is 7. The molecule has 4 rings (SSSR count). The van der Waals surface area contributed by atoms with Gasteiger partial charge in [0.2, 0.25) is 0 Å². The van der Waals surface area contributed by atoms with Gasteiger partial charge >= 0.3 is 12.4 Å². The summed E-state index contributed by atoms with van der Waals surface area (Å²) < 4.78 is 81.6. The van der Waals surface area contributed by atoms with Crippen molar-refractivity contribution in [1.82, 2.24) is 24.4 Å². The van der Waals surface area contributed by atoms with Crippen LogP contribution in [0.25, 0.3) is 16.8 Å². The predicted octanol–water partition coefficient (Wildman–Crippen LogP) is 4.90. The third-order valence-electron chi connectivity index (χ3n) is 6.60. The monoisotopic (exact) mass is 514 g/mol. The first-order chi connectivity index (χ1) is 17.0. The number of alkyl halides is 6. The molecule has 0 radical (unpaired) electrons. The maximum absolute atomic E-state index is 13.4. The quantitative estimate of drug-likeness (QED) is 0.420. The molecule has 0 bridgehead atoms. The Labute approximate surface area is 205 Å². The third-order valence-corrected chi connectivity index (χ3v) is 6.60. The Kier molecular flexibility index (Phi) is 7.46. The number of aromatic nitrogens is 3. The molecule has 12 heteroatoms. The highest BCUT2D eigenvalue weighted by Crippen LogP contribution is 2.39. The fraction of sp³-hybridized carbons (Fsp3) is 0.500. The molecule has 1 aromatic carbocycles. The van der Waals surface area contributed by atoms with Gasteiger partial charge in [0, 0.05) is 51.0 Å². The molecule has 0 N–H and O–H groups in total. The summed E-state index contributed by atoms with van der Waals surface area (Å²) in [6.07, 6.45) is -7.09. The topological polar surface area (TPSA) is 39.9 Å². The summed E-state index contributed by atoms with van der Waals surface area (Å²) in [6, 6.07) is 3.28. The van der Waals surface area contributed by atoms with E-state index in [0.29, 0.717) is 31.0 Å². The van der Waals surface area contributed by atoms with Gasteiger partial charge in [0.25, 0.3) is 0 Å². The Morgan fingerprint density at radius 1 is 0.889 bits per heavy atom. The van der Waals surface area contributed by atoms with E-state index in [4.69, 9.17) is 0 Å². The van der Waals surface area contributed by atoms with E-state index >= 15 is 0 Å². The van der Waals surface area contributed by atoms with Gasteiger partial charge in [-0.15, -0.1) is 0 Å². The van der Waals surface area contributed by atoms with E-state index in [2.05, 4.69) is 38.6 Å². The highest BCUT2D eigenvalue weighted by molar-refractivity contribution is 5.79. The van der Waals surface area contributed by atoms with E-state index in [0.717, 1.165) is 39.3 Å². The first-order valence-corrected chi connectivity index (χ1v) is 11.8. The molecule has 3 aromatic rings. The fourth-order valence-electron chi connectivity index (χ4n) is 4.46. The number of benzene rings is 1. The predicted molar refractivity (Wildman–Crippen MR) is 125 cm³/mol. The summed E-state index contributed by atoms with van der Waals surface area (Å²) in [4.78, 5) is 11.1. The minimum atomic E-state index is -4.93. The van der Waals surface area contributed by atoms with Crippen LogP contribution in [0.2, 0.25) is 0 Å². The number of nitrogens with zero attached hydrogens (tertiary/aromatic N) is 6. The Morgan fingerprint density at radius 2 is 1.50 bits per heavy atom. The van der Waals surface area contributed by atoms with Gasteiger partial charge in [-0.05, 0) is 42.9 Å². The molecule has 0 amide bonds. The van der Waals surface area contributed by atoms with Gasteiger partial charge in [0.1, 0.15) is 5.82 Å². The molecule has 196 valence electrons. The zero-order valence-electron chi connectivity index (χ0n) is 20.1. The molecule has 0 spiro atoms. The van der Waals surface area contributed by atoms with E-state index in [9.17, 15) is 26.3 Å². The van der Waals surface area contributed by atoms with Crippen LogP contribution in [0.15, 0.2) is 36.7 Å². The summed E-state index contributed by atoms with van der Waals surface area (Å²) in [5.74, 6) is 0.692. The SMILES string of the molecule is CCN(CC)CCN1CCN(c2ccnc3c(-c4cc(C(F)(F)F)cc(C(F)(F)F)c4)cnn23)CC1. The molecule has 3 heterocycles. The molecule has 0 saturated carbocycles. The summed E-state index contributed by atoms with van der Waals surface area (Å²) in [5.41, 5.74) is -2.68. The van der Waals surface area contributed by atoms with Crippen molar-refractivity contribution < 1.29 is 26.3 Å². The molecule has 2 aromatic heterocycles. The maximum atomic E-state index is 13.4. The number of fused-ring (bicyclic) bond motifs is 1. The largest absolute Gasteiger partial charge is 0.416 e. The highest BCUT2D eigenvalue weighted by atomic mass is 19.4. The molecule has 0 aliphatic carbocycles. The van der Waals surface area contributed by atoms with Crippen molar-refractivity contribution in [2.24, 2.45) is 0 Å². The van der Waals surface area contributed by atoms with Crippen molar-refractivity contribution in [3.05, 3.63) is 47.8 Å². The smallest absolute Gasteiger partial charge is 0.354 e. The number of anilines is 1. The summed E-state index contributed by atoms with van der Waals surface area (Å²) in [5, 5.41) is 4.28. The Bertz CT molecular complexity index is 1140. The Hall–Kier alpha value is -2.86. The lowest BCUT2D eigenvalue weighted by atomic mass is 10.0. The highest BCUT2D eigenvalue weighted by Gasteiger charge is 2.37. The van der Waals surface area contributed by atoms with Crippen molar-refractivity contribution in [3.8, 4) is 11.1 Å². The molecule has 1 aliphatic rings. The summed E-state index contributed by atoms with van der Waals surface area (Å²) in [7, 11) is 0. The molecular weight excluding hydrogens is 486 g/mol. The molecule has 1 fully saturated rings.